The Morgan fingerprint density at radius 1 is 0.958 bits per heavy atom. The molecule has 12 nitrogen and oxygen atoms in total. The predicted octanol–water partition coefficient (Wildman–Crippen LogP) is 2.57. The maximum absolute atomic E-state index is 14.1. The van der Waals surface area contributed by atoms with Gasteiger partial charge in [-0.25, -0.2) is 13.2 Å². The molecule has 0 aromatic heterocycles. The normalized spacial score (nSPS) is 22.9. The van der Waals surface area contributed by atoms with Gasteiger partial charge in [0.15, 0.2) is 9.84 Å². The number of amides is 5. The van der Waals surface area contributed by atoms with Gasteiger partial charge in [0.25, 0.3) is 5.91 Å². The van der Waals surface area contributed by atoms with Gasteiger partial charge in [0.1, 0.15) is 12.1 Å². The average molecular weight is 688 g/mol. The summed E-state index contributed by atoms with van der Waals surface area (Å²) in [6.07, 6.45) is 2.03. The SMILES string of the molecule is CC(C)(C)NC(=O)N[C@H](C(=O)N1C[C@H]2[C@@H]([C@H]1C(=O)NC(CC1CC1)C(=O)C(=O)NCCS(=O)(=O)Cc1ccccc1)C2(C)C)C(C)(C)C. The Kier molecular flexibility index (Phi) is 10.7. The van der Waals surface area contributed by atoms with Crippen molar-refractivity contribution < 1.29 is 32.4 Å². The molecule has 266 valence electrons. The van der Waals surface area contributed by atoms with Gasteiger partial charge in [0.2, 0.25) is 17.6 Å². The van der Waals surface area contributed by atoms with E-state index in [2.05, 4.69) is 21.3 Å². The first-order chi connectivity index (χ1) is 22.1. The topological polar surface area (TPSA) is 171 Å². The summed E-state index contributed by atoms with van der Waals surface area (Å²) in [6.45, 7) is 15.2. The van der Waals surface area contributed by atoms with Gasteiger partial charge in [-0.05, 0) is 61.3 Å². The summed E-state index contributed by atoms with van der Waals surface area (Å²) in [7, 11) is -3.54. The summed E-state index contributed by atoms with van der Waals surface area (Å²) < 4.78 is 25.2. The Hall–Kier alpha value is -3.48. The molecule has 1 heterocycles. The van der Waals surface area contributed by atoms with Crippen molar-refractivity contribution in [3.63, 3.8) is 0 Å². The molecule has 48 heavy (non-hydrogen) atoms. The zero-order valence-corrected chi connectivity index (χ0v) is 30.3. The predicted molar refractivity (Wildman–Crippen MR) is 182 cm³/mol. The summed E-state index contributed by atoms with van der Waals surface area (Å²) >= 11 is 0. The van der Waals surface area contributed by atoms with Crippen molar-refractivity contribution in [3.05, 3.63) is 35.9 Å². The zero-order chi connectivity index (χ0) is 35.8. The Morgan fingerprint density at radius 3 is 2.15 bits per heavy atom. The largest absolute Gasteiger partial charge is 0.348 e. The number of nitrogens with one attached hydrogen (secondary N) is 4. The number of fused-ring (bicyclic) bond motifs is 1. The standard InChI is InChI=1S/C35H53N5O7S/c1-33(2,3)28(38-32(45)39-34(4,5)6)31(44)40-19-23-25(35(23,7)8)26(40)29(42)37-24(18-21-14-15-21)27(41)30(43)36-16-17-48(46,47)20-22-12-10-9-11-13-22/h9-13,21,23-26,28H,14-20H2,1-8H3,(H,36,43)(H,37,42)(H2,38,39,45)/t23-,24?,25-,26-,28+/m0/s1. The Bertz CT molecular complexity index is 1510. The molecule has 3 fully saturated rings. The molecule has 1 aliphatic heterocycles. The van der Waals surface area contributed by atoms with Crippen LogP contribution in [0.2, 0.25) is 0 Å². The highest BCUT2D eigenvalue weighted by Gasteiger charge is 2.70. The smallest absolute Gasteiger partial charge is 0.315 e. The molecule has 2 aliphatic carbocycles. The highest BCUT2D eigenvalue weighted by atomic mass is 32.2. The molecular weight excluding hydrogens is 634 g/mol. The average Bonchev–Trinajstić information content (AvgIpc) is 3.81. The van der Waals surface area contributed by atoms with Gasteiger partial charge in [0, 0.05) is 18.6 Å². The third kappa shape index (κ3) is 9.35. The third-order valence-electron chi connectivity index (χ3n) is 9.69. The molecule has 0 radical (unpaired) electrons. The van der Waals surface area contributed by atoms with E-state index < -0.39 is 62.5 Å². The highest BCUT2D eigenvalue weighted by molar-refractivity contribution is 7.90. The van der Waals surface area contributed by atoms with Crippen LogP contribution in [0.25, 0.3) is 0 Å². The summed E-state index contributed by atoms with van der Waals surface area (Å²) in [4.78, 5) is 68.9. The lowest BCUT2D eigenvalue weighted by Gasteiger charge is -2.38. The summed E-state index contributed by atoms with van der Waals surface area (Å²) in [5.41, 5.74) is -0.771. The molecule has 1 aromatic rings. The number of sulfone groups is 1. The van der Waals surface area contributed by atoms with E-state index in [4.69, 9.17) is 0 Å². The molecule has 5 atom stereocenters. The van der Waals surface area contributed by atoms with Gasteiger partial charge in [-0.1, -0.05) is 77.8 Å². The van der Waals surface area contributed by atoms with Gasteiger partial charge in [-0.15, -0.1) is 0 Å². The number of ketones is 1. The summed E-state index contributed by atoms with van der Waals surface area (Å²) in [5, 5.41) is 10.9. The Labute approximate surface area is 284 Å². The maximum atomic E-state index is 14.1. The number of piperidine rings is 1. The molecule has 13 heteroatoms. The van der Waals surface area contributed by atoms with E-state index in [1.807, 2.05) is 55.4 Å². The number of carbonyl (C=O) groups is 5. The van der Waals surface area contributed by atoms with Crippen LogP contribution in [0.5, 0.6) is 0 Å². The fourth-order valence-electron chi connectivity index (χ4n) is 6.78. The molecule has 0 bridgehead atoms. The first kappa shape index (κ1) is 37.3. The molecule has 1 saturated heterocycles. The zero-order valence-electron chi connectivity index (χ0n) is 29.5. The van der Waals surface area contributed by atoms with Crippen molar-refractivity contribution >= 4 is 39.4 Å². The van der Waals surface area contributed by atoms with Crippen LogP contribution in [0.3, 0.4) is 0 Å². The molecule has 5 amide bonds. The van der Waals surface area contributed by atoms with E-state index in [0.717, 1.165) is 12.8 Å². The van der Waals surface area contributed by atoms with Crippen LogP contribution in [-0.2, 0) is 34.8 Å². The minimum atomic E-state index is -3.54. The van der Waals surface area contributed by atoms with Crippen molar-refractivity contribution in [2.24, 2.45) is 28.6 Å². The first-order valence-electron chi connectivity index (χ1n) is 16.9. The van der Waals surface area contributed by atoms with E-state index in [-0.39, 0.29) is 53.5 Å². The van der Waals surface area contributed by atoms with E-state index >= 15 is 0 Å². The fraction of sp³-hybridized carbons (Fsp3) is 0.686. The Morgan fingerprint density at radius 2 is 1.58 bits per heavy atom. The number of Topliss-reactive ketones (excluding diaryl/α,β-unsaturated/α-hetero) is 1. The highest BCUT2D eigenvalue weighted by Crippen LogP contribution is 2.65. The van der Waals surface area contributed by atoms with Crippen molar-refractivity contribution in [2.45, 2.75) is 104 Å². The van der Waals surface area contributed by atoms with Gasteiger partial charge in [0.05, 0.1) is 17.5 Å². The van der Waals surface area contributed by atoms with Crippen LogP contribution in [0.1, 0.15) is 80.2 Å². The van der Waals surface area contributed by atoms with Crippen molar-refractivity contribution in [1.29, 1.82) is 0 Å². The van der Waals surface area contributed by atoms with Crippen molar-refractivity contribution in [3.8, 4) is 0 Å². The fourth-order valence-corrected chi connectivity index (χ4v) is 8.03. The van der Waals surface area contributed by atoms with Crippen LogP contribution in [0.15, 0.2) is 30.3 Å². The lowest BCUT2D eigenvalue weighted by molar-refractivity contribution is -0.145. The van der Waals surface area contributed by atoms with Crippen LogP contribution < -0.4 is 21.3 Å². The van der Waals surface area contributed by atoms with E-state index in [1.54, 1.807) is 30.3 Å². The molecule has 1 aromatic carbocycles. The number of hydrogen-bond acceptors (Lipinski definition) is 7. The number of nitrogens with zero attached hydrogens (tertiary/aromatic N) is 1. The third-order valence-corrected chi connectivity index (χ3v) is 11.3. The number of hydrogen-bond donors (Lipinski definition) is 4. The monoisotopic (exact) mass is 687 g/mol. The number of benzene rings is 1. The second-order valence-electron chi connectivity index (χ2n) is 16.5. The lowest BCUT2D eigenvalue weighted by Crippen LogP contribution is -2.62. The van der Waals surface area contributed by atoms with Crippen LogP contribution in [-0.4, -0.2) is 85.4 Å². The quantitative estimate of drug-likeness (QED) is 0.231. The summed E-state index contributed by atoms with van der Waals surface area (Å²) in [5.74, 6) is -3.10. The first-order valence-corrected chi connectivity index (χ1v) is 18.7. The van der Waals surface area contributed by atoms with Gasteiger partial charge in [-0.3, -0.25) is 19.2 Å². The minimum Gasteiger partial charge on any atom is -0.348 e. The van der Waals surface area contributed by atoms with Crippen LogP contribution in [0.4, 0.5) is 4.79 Å². The van der Waals surface area contributed by atoms with Gasteiger partial charge >= 0.3 is 6.03 Å². The molecule has 4 rings (SSSR count). The molecular formula is C35H53N5O7S. The second kappa shape index (κ2) is 13.8. The lowest BCUT2D eigenvalue weighted by atomic mass is 9.85. The van der Waals surface area contributed by atoms with Crippen molar-refractivity contribution in [2.75, 3.05) is 18.8 Å². The summed E-state index contributed by atoms with van der Waals surface area (Å²) in [6, 6.07) is 5.29. The van der Waals surface area contributed by atoms with E-state index in [1.165, 1.54) is 4.90 Å². The van der Waals surface area contributed by atoms with Gasteiger partial charge in [-0.2, -0.15) is 0 Å². The Balaban J connectivity index is 1.45. The number of likely N-dealkylation sites (tertiary alicyclic amines) is 1. The molecule has 3 aliphatic rings. The van der Waals surface area contributed by atoms with Crippen LogP contribution in [0, 0.1) is 28.6 Å². The van der Waals surface area contributed by atoms with Crippen molar-refractivity contribution in [1.82, 2.24) is 26.2 Å². The molecule has 0 spiro atoms. The maximum Gasteiger partial charge on any atom is 0.315 e. The molecule has 1 unspecified atom stereocenters. The number of carbonyl (C=O) groups excluding carboxylic acids is 5. The number of rotatable bonds is 13. The molecule has 2 saturated carbocycles. The van der Waals surface area contributed by atoms with Gasteiger partial charge < -0.3 is 26.2 Å². The van der Waals surface area contributed by atoms with E-state index in [0.29, 0.717) is 12.1 Å². The molecule has 4 N–H and O–H groups in total. The number of urea groups is 1. The second-order valence-corrected chi connectivity index (χ2v) is 18.7. The minimum absolute atomic E-state index is 0.0694. The van der Waals surface area contributed by atoms with E-state index in [9.17, 15) is 32.4 Å². The van der Waals surface area contributed by atoms with Crippen LogP contribution >= 0.6 is 0 Å².